The number of allylic oxidation sites excluding steroid dienone is 1. The van der Waals surface area contributed by atoms with Crippen molar-refractivity contribution in [1.29, 1.82) is 0 Å². The summed E-state index contributed by atoms with van der Waals surface area (Å²) < 4.78 is 3.49. The zero-order chi connectivity index (χ0) is 23.0. The van der Waals surface area contributed by atoms with Crippen molar-refractivity contribution in [2.75, 3.05) is 4.90 Å². The van der Waals surface area contributed by atoms with Crippen molar-refractivity contribution in [3.05, 3.63) is 93.3 Å². The Morgan fingerprint density at radius 1 is 1.12 bits per heavy atom. The maximum absolute atomic E-state index is 13.3. The quantitative estimate of drug-likeness (QED) is 0.347. The highest BCUT2D eigenvalue weighted by molar-refractivity contribution is 8.27. The molecule has 0 radical (unpaired) electrons. The van der Waals surface area contributed by atoms with E-state index in [1.807, 2.05) is 36.4 Å². The summed E-state index contributed by atoms with van der Waals surface area (Å²) in [5.74, 6) is -0.292. The van der Waals surface area contributed by atoms with Crippen molar-refractivity contribution < 1.29 is 9.90 Å². The van der Waals surface area contributed by atoms with E-state index in [9.17, 15) is 14.7 Å². The van der Waals surface area contributed by atoms with Gasteiger partial charge in [-0.2, -0.15) is 0 Å². The molecule has 8 heteroatoms. The molecule has 1 N–H and O–H groups in total. The fraction of sp³-hybridized carbons (Fsp3) is 0.125. The number of hydrogen-bond donors (Lipinski definition) is 1. The summed E-state index contributed by atoms with van der Waals surface area (Å²) in [6.45, 7) is 5.48. The summed E-state index contributed by atoms with van der Waals surface area (Å²) in [6, 6.07) is 14.6. The minimum atomic E-state index is -0.389. The van der Waals surface area contributed by atoms with E-state index in [1.165, 1.54) is 9.58 Å². The number of carbonyl (C=O) groups excluding carboxylic acids is 1. The number of phenols is 1. The standard InChI is InChI=1S/C24H21N3O3S2/c1-4-9-16-10-8-11-17(21(16)28)14-19-22(29)26(24(31)32-19)20-15(2)25(3)27(23(20)30)18-12-6-5-7-13-18/h4-8,10-14,28H,1,9H2,2-3H3/b19-14+. The third kappa shape index (κ3) is 3.61. The molecule has 162 valence electrons. The van der Waals surface area contributed by atoms with Crippen LogP contribution in [0.3, 0.4) is 0 Å². The fourth-order valence-electron chi connectivity index (χ4n) is 3.66. The van der Waals surface area contributed by atoms with Crippen LogP contribution in [0.1, 0.15) is 16.8 Å². The topological polar surface area (TPSA) is 67.5 Å². The second kappa shape index (κ2) is 8.64. The Morgan fingerprint density at radius 2 is 1.84 bits per heavy atom. The molecule has 4 rings (SSSR count). The van der Waals surface area contributed by atoms with Crippen molar-refractivity contribution >= 4 is 46.0 Å². The van der Waals surface area contributed by atoms with Gasteiger partial charge in [-0.05, 0) is 37.1 Å². The first-order valence-electron chi connectivity index (χ1n) is 9.89. The molecule has 6 nitrogen and oxygen atoms in total. The molecule has 1 aliphatic rings. The van der Waals surface area contributed by atoms with E-state index in [2.05, 4.69) is 6.58 Å². The molecule has 0 unspecified atom stereocenters. The number of para-hydroxylation sites is 2. The van der Waals surface area contributed by atoms with Gasteiger partial charge >= 0.3 is 0 Å². The Morgan fingerprint density at radius 3 is 2.53 bits per heavy atom. The molecular formula is C24H21N3O3S2. The normalized spacial score (nSPS) is 15.1. The van der Waals surface area contributed by atoms with Crippen LogP contribution >= 0.6 is 24.0 Å². The Bertz CT molecular complexity index is 1340. The Hall–Kier alpha value is -3.36. The van der Waals surface area contributed by atoms with Crippen molar-refractivity contribution in [2.45, 2.75) is 13.3 Å². The summed E-state index contributed by atoms with van der Waals surface area (Å²) in [5, 5.41) is 10.6. The van der Waals surface area contributed by atoms with E-state index in [0.717, 1.165) is 11.8 Å². The highest BCUT2D eigenvalue weighted by Crippen LogP contribution is 2.37. The van der Waals surface area contributed by atoms with Crippen LogP contribution in [0.15, 0.2) is 70.9 Å². The summed E-state index contributed by atoms with van der Waals surface area (Å²) in [5.41, 5.74) is 2.44. The van der Waals surface area contributed by atoms with Crippen LogP contribution in [0.25, 0.3) is 11.8 Å². The van der Waals surface area contributed by atoms with Gasteiger partial charge in [-0.3, -0.25) is 19.2 Å². The predicted molar refractivity (Wildman–Crippen MR) is 133 cm³/mol. The SMILES string of the molecule is C=CCc1cccc(/C=C2/SC(=S)N(c3c(C)n(C)n(-c4ccccc4)c3=O)C2=O)c1O. The third-order valence-electron chi connectivity index (χ3n) is 5.34. The number of aromatic nitrogens is 2. The predicted octanol–water partition coefficient (Wildman–Crippen LogP) is 4.32. The first-order valence-corrected chi connectivity index (χ1v) is 11.1. The number of nitrogens with zero attached hydrogens (tertiary/aromatic N) is 3. The number of carbonyl (C=O) groups is 1. The number of amides is 1. The lowest BCUT2D eigenvalue weighted by Crippen LogP contribution is -2.33. The Balaban J connectivity index is 1.77. The van der Waals surface area contributed by atoms with Gasteiger partial charge in [0.15, 0.2) is 4.32 Å². The lowest BCUT2D eigenvalue weighted by atomic mass is 10.1. The van der Waals surface area contributed by atoms with Crippen molar-refractivity contribution in [1.82, 2.24) is 9.36 Å². The van der Waals surface area contributed by atoms with Gasteiger partial charge in [-0.1, -0.05) is 66.5 Å². The number of hydrogen-bond acceptors (Lipinski definition) is 5. The average molecular weight is 464 g/mol. The zero-order valence-corrected chi connectivity index (χ0v) is 19.2. The summed E-state index contributed by atoms with van der Waals surface area (Å²) in [4.78, 5) is 28.3. The highest BCUT2D eigenvalue weighted by atomic mass is 32.2. The number of anilines is 1. The van der Waals surface area contributed by atoms with Gasteiger partial charge in [0.25, 0.3) is 11.5 Å². The average Bonchev–Trinajstić information content (AvgIpc) is 3.17. The molecule has 1 aromatic heterocycles. The monoisotopic (exact) mass is 463 g/mol. The molecule has 0 aliphatic carbocycles. The first kappa shape index (κ1) is 21.9. The zero-order valence-electron chi connectivity index (χ0n) is 17.6. The number of benzene rings is 2. The van der Waals surface area contributed by atoms with Gasteiger partial charge in [-0.25, -0.2) is 4.68 Å². The van der Waals surface area contributed by atoms with Crippen LogP contribution < -0.4 is 10.5 Å². The molecule has 0 spiro atoms. The van der Waals surface area contributed by atoms with Crippen LogP contribution in [0.4, 0.5) is 5.69 Å². The maximum atomic E-state index is 13.3. The first-order chi connectivity index (χ1) is 15.3. The smallest absolute Gasteiger partial charge is 0.296 e. The van der Waals surface area contributed by atoms with Gasteiger partial charge in [-0.15, -0.1) is 6.58 Å². The fourth-order valence-corrected chi connectivity index (χ4v) is 4.92. The molecular weight excluding hydrogens is 442 g/mol. The molecule has 2 heterocycles. The molecule has 0 saturated carbocycles. The summed E-state index contributed by atoms with van der Waals surface area (Å²) in [6.07, 6.45) is 3.82. The molecule has 1 saturated heterocycles. The van der Waals surface area contributed by atoms with E-state index in [4.69, 9.17) is 12.2 Å². The van der Waals surface area contributed by atoms with Gasteiger partial charge in [0.2, 0.25) is 0 Å². The van der Waals surface area contributed by atoms with Crippen LogP contribution in [-0.4, -0.2) is 24.7 Å². The van der Waals surface area contributed by atoms with Crippen molar-refractivity contribution in [2.24, 2.45) is 7.05 Å². The van der Waals surface area contributed by atoms with Crippen LogP contribution in [0, 0.1) is 6.92 Å². The van der Waals surface area contributed by atoms with Crippen LogP contribution in [0.2, 0.25) is 0 Å². The van der Waals surface area contributed by atoms with E-state index >= 15 is 0 Å². The molecule has 1 fully saturated rings. The van der Waals surface area contributed by atoms with Crippen molar-refractivity contribution in [3.8, 4) is 11.4 Å². The largest absolute Gasteiger partial charge is 0.507 e. The second-order valence-electron chi connectivity index (χ2n) is 7.28. The summed E-state index contributed by atoms with van der Waals surface area (Å²) in [7, 11) is 1.77. The molecule has 0 bridgehead atoms. The Labute approximate surface area is 195 Å². The van der Waals surface area contributed by atoms with Gasteiger partial charge < -0.3 is 5.11 Å². The molecule has 1 aliphatic heterocycles. The van der Waals surface area contributed by atoms with Gasteiger partial charge in [0.05, 0.1) is 16.3 Å². The van der Waals surface area contributed by atoms with Crippen molar-refractivity contribution in [3.63, 3.8) is 0 Å². The molecule has 0 atom stereocenters. The third-order valence-corrected chi connectivity index (χ3v) is 6.64. The second-order valence-corrected chi connectivity index (χ2v) is 8.95. The van der Waals surface area contributed by atoms with Crippen LogP contribution in [0.5, 0.6) is 5.75 Å². The molecule has 2 aromatic carbocycles. The summed E-state index contributed by atoms with van der Waals surface area (Å²) >= 11 is 6.58. The van der Waals surface area contributed by atoms with E-state index in [1.54, 1.807) is 42.9 Å². The number of rotatable bonds is 5. The number of thioether (sulfide) groups is 1. The van der Waals surface area contributed by atoms with E-state index < -0.39 is 0 Å². The number of aromatic hydroxyl groups is 1. The number of thiocarbonyl (C=S) groups is 1. The lowest BCUT2D eigenvalue weighted by molar-refractivity contribution is -0.113. The molecule has 1 amide bonds. The Kier molecular flexibility index (Phi) is 5.90. The van der Waals surface area contributed by atoms with Crippen LogP contribution in [-0.2, 0) is 18.3 Å². The minimum Gasteiger partial charge on any atom is -0.507 e. The minimum absolute atomic E-state index is 0.0972. The maximum Gasteiger partial charge on any atom is 0.296 e. The van der Waals surface area contributed by atoms with Gasteiger partial charge in [0, 0.05) is 12.6 Å². The molecule has 32 heavy (non-hydrogen) atoms. The molecule has 3 aromatic rings. The van der Waals surface area contributed by atoms with Gasteiger partial charge in [0.1, 0.15) is 11.4 Å². The van der Waals surface area contributed by atoms with E-state index in [0.29, 0.717) is 33.8 Å². The number of phenolic OH excluding ortho intramolecular Hbond substituents is 1. The highest BCUT2D eigenvalue weighted by Gasteiger charge is 2.37. The van der Waals surface area contributed by atoms with E-state index in [-0.39, 0.29) is 27.2 Å². The lowest BCUT2D eigenvalue weighted by Gasteiger charge is -2.12.